The lowest BCUT2D eigenvalue weighted by Crippen LogP contribution is -2.44. The highest BCUT2D eigenvalue weighted by atomic mass is 79.9. The summed E-state index contributed by atoms with van der Waals surface area (Å²) in [5.41, 5.74) is 2.33. The van der Waals surface area contributed by atoms with Crippen LogP contribution in [-0.4, -0.2) is 43.7 Å². The highest BCUT2D eigenvalue weighted by Crippen LogP contribution is 2.40. The molecule has 9 nitrogen and oxygen atoms in total. The Bertz CT molecular complexity index is 1290. The number of allylic oxidation sites excluding steroid dienone is 1. The van der Waals surface area contributed by atoms with Gasteiger partial charge in [-0.25, -0.2) is 4.79 Å². The zero-order valence-electron chi connectivity index (χ0n) is 19.6. The number of esters is 2. The molecule has 2 aromatic carbocycles. The van der Waals surface area contributed by atoms with Crippen molar-refractivity contribution in [3.05, 3.63) is 74.2 Å². The number of nitrogens with one attached hydrogen (secondary N) is 2. The molecule has 1 aliphatic heterocycles. The molecule has 2 aromatic rings. The first-order valence-electron chi connectivity index (χ1n) is 10.6. The van der Waals surface area contributed by atoms with Gasteiger partial charge in [0.15, 0.2) is 0 Å². The standard InChI is InChI=1S/C25H22BrN3O6S/c1-13-10-16(26)8-9-18(13)28-19(30)12-36-23-17(11-27)20(21(22(31)29-23)25(33)35-3)14-4-6-15(7-5-14)24(32)34-2/h4-10,20-21H,12H2,1-3H3,(H,28,30)(H,29,31)/t20-,21+/m1/s1. The third-order valence-electron chi connectivity index (χ3n) is 5.48. The number of nitrogens with zero attached hydrogens (tertiary/aromatic N) is 1. The van der Waals surface area contributed by atoms with Crippen molar-refractivity contribution < 1.29 is 28.7 Å². The van der Waals surface area contributed by atoms with E-state index in [9.17, 15) is 24.4 Å². The second-order valence-electron chi connectivity index (χ2n) is 7.73. The minimum Gasteiger partial charge on any atom is -0.468 e. The van der Waals surface area contributed by atoms with Crippen LogP contribution in [0.3, 0.4) is 0 Å². The summed E-state index contributed by atoms with van der Waals surface area (Å²) in [5.74, 6) is -4.73. The van der Waals surface area contributed by atoms with Crippen LogP contribution in [0.15, 0.2) is 57.5 Å². The topological polar surface area (TPSA) is 135 Å². The van der Waals surface area contributed by atoms with Gasteiger partial charge in [-0.3, -0.25) is 14.4 Å². The average molecular weight is 572 g/mol. The predicted octanol–water partition coefficient (Wildman–Crippen LogP) is 3.65. The van der Waals surface area contributed by atoms with Gasteiger partial charge in [-0.1, -0.05) is 39.8 Å². The third-order valence-corrected chi connectivity index (χ3v) is 7.00. The van der Waals surface area contributed by atoms with Crippen LogP contribution in [0.4, 0.5) is 5.69 Å². The molecule has 186 valence electrons. The number of anilines is 1. The summed E-state index contributed by atoms with van der Waals surface area (Å²) >= 11 is 4.35. The maximum absolute atomic E-state index is 12.9. The van der Waals surface area contributed by atoms with E-state index < -0.39 is 29.7 Å². The van der Waals surface area contributed by atoms with Gasteiger partial charge in [-0.05, 0) is 48.4 Å². The maximum atomic E-state index is 12.9. The van der Waals surface area contributed by atoms with E-state index >= 15 is 0 Å². The summed E-state index contributed by atoms with van der Waals surface area (Å²) in [6.45, 7) is 1.86. The van der Waals surface area contributed by atoms with E-state index in [1.807, 2.05) is 13.0 Å². The number of methoxy groups -OCH3 is 2. The lowest BCUT2D eigenvalue weighted by Gasteiger charge is -2.31. The number of thioether (sulfide) groups is 1. The molecule has 2 amide bonds. The molecule has 2 atom stereocenters. The molecule has 0 spiro atoms. The minimum atomic E-state index is -1.32. The van der Waals surface area contributed by atoms with Crippen molar-refractivity contribution in [2.24, 2.45) is 5.92 Å². The molecule has 11 heteroatoms. The van der Waals surface area contributed by atoms with Crippen molar-refractivity contribution in [2.75, 3.05) is 25.3 Å². The quantitative estimate of drug-likeness (QED) is 0.379. The summed E-state index contributed by atoms with van der Waals surface area (Å²) < 4.78 is 10.4. The first kappa shape index (κ1) is 27.0. The minimum absolute atomic E-state index is 0.0901. The van der Waals surface area contributed by atoms with Gasteiger partial charge in [0.2, 0.25) is 11.8 Å². The Labute approximate surface area is 220 Å². The number of hydrogen-bond donors (Lipinski definition) is 2. The molecule has 0 fully saturated rings. The Hall–Kier alpha value is -3.62. The normalized spacial score (nSPS) is 17.0. The largest absolute Gasteiger partial charge is 0.468 e. The van der Waals surface area contributed by atoms with Gasteiger partial charge in [-0.2, -0.15) is 5.26 Å². The maximum Gasteiger partial charge on any atom is 0.337 e. The summed E-state index contributed by atoms with van der Waals surface area (Å²) in [5, 5.41) is 15.6. The fourth-order valence-electron chi connectivity index (χ4n) is 3.72. The van der Waals surface area contributed by atoms with Crippen molar-refractivity contribution in [3.8, 4) is 6.07 Å². The number of aryl methyl sites for hydroxylation is 1. The van der Waals surface area contributed by atoms with Crippen molar-refractivity contribution in [1.82, 2.24) is 5.32 Å². The Balaban J connectivity index is 1.91. The van der Waals surface area contributed by atoms with E-state index in [2.05, 4.69) is 32.6 Å². The van der Waals surface area contributed by atoms with Crippen LogP contribution in [0, 0.1) is 24.2 Å². The van der Waals surface area contributed by atoms with Crippen LogP contribution in [0.5, 0.6) is 0 Å². The lowest BCUT2D eigenvalue weighted by atomic mass is 9.78. The Morgan fingerprint density at radius 2 is 1.83 bits per heavy atom. The number of carbonyl (C=O) groups is 4. The van der Waals surface area contributed by atoms with Gasteiger partial charge in [-0.15, -0.1) is 0 Å². The molecule has 0 aromatic heterocycles. The zero-order chi connectivity index (χ0) is 26.4. The Kier molecular flexibility index (Phi) is 8.90. The summed E-state index contributed by atoms with van der Waals surface area (Å²) in [7, 11) is 2.41. The molecular formula is C25H22BrN3O6S. The molecule has 0 radical (unpaired) electrons. The molecule has 1 aliphatic rings. The SMILES string of the molecule is COC(=O)c1ccc([C@@H]2C(C#N)=C(SCC(=O)Nc3ccc(Br)cc3C)NC(=O)[C@H]2C(=O)OC)cc1. The fourth-order valence-corrected chi connectivity index (χ4v) is 5.04. The molecule has 2 N–H and O–H groups in total. The second-order valence-corrected chi connectivity index (χ2v) is 9.63. The van der Waals surface area contributed by atoms with Crippen LogP contribution in [0.1, 0.15) is 27.4 Å². The van der Waals surface area contributed by atoms with E-state index in [4.69, 9.17) is 9.47 Å². The summed E-state index contributed by atoms with van der Waals surface area (Å²) in [6.07, 6.45) is 0. The zero-order valence-corrected chi connectivity index (χ0v) is 22.0. The first-order chi connectivity index (χ1) is 17.2. The van der Waals surface area contributed by atoms with Gasteiger partial charge in [0.05, 0.1) is 42.2 Å². The van der Waals surface area contributed by atoms with Crippen molar-refractivity contribution in [1.29, 1.82) is 5.26 Å². The van der Waals surface area contributed by atoms with E-state index in [0.717, 1.165) is 28.9 Å². The highest BCUT2D eigenvalue weighted by Gasteiger charge is 2.44. The fraction of sp³-hybridized carbons (Fsp3) is 0.240. The first-order valence-corrected chi connectivity index (χ1v) is 12.4. The molecule has 3 rings (SSSR count). The van der Waals surface area contributed by atoms with Crippen LogP contribution < -0.4 is 10.6 Å². The van der Waals surface area contributed by atoms with Crippen molar-refractivity contribution >= 4 is 57.1 Å². The number of halogens is 1. The van der Waals surface area contributed by atoms with Gasteiger partial charge in [0.1, 0.15) is 5.92 Å². The Morgan fingerprint density at radius 1 is 1.14 bits per heavy atom. The van der Waals surface area contributed by atoms with Gasteiger partial charge < -0.3 is 20.1 Å². The molecule has 36 heavy (non-hydrogen) atoms. The van der Waals surface area contributed by atoms with Crippen molar-refractivity contribution in [2.45, 2.75) is 12.8 Å². The monoisotopic (exact) mass is 571 g/mol. The number of benzene rings is 2. The summed E-state index contributed by atoms with van der Waals surface area (Å²) in [6, 6.07) is 13.6. The molecule has 0 saturated carbocycles. The number of hydrogen-bond acceptors (Lipinski definition) is 8. The molecule has 0 saturated heterocycles. The van der Waals surface area contributed by atoms with E-state index in [1.54, 1.807) is 24.3 Å². The van der Waals surface area contributed by atoms with E-state index in [0.29, 0.717) is 11.3 Å². The molecule has 0 bridgehead atoms. The van der Waals surface area contributed by atoms with Crippen molar-refractivity contribution in [3.63, 3.8) is 0 Å². The van der Waals surface area contributed by atoms with Crippen LogP contribution >= 0.6 is 27.7 Å². The lowest BCUT2D eigenvalue weighted by molar-refractivity contribution is -0.150. The average Bonchev–Trinajstić information content (AvgIpc) is 2.87. The van der Waals surface area contributed by atoms with E-state index in [-0.39, 0.29) is 27.8 Å². The summed E-state index contributed by atoms with van der Waals surface area (Å²) in [4.78, 5) is 49.8. The highest BCUT2D eigenvalue weighted by molar-refractivity contribution is 9.10. The van der Waals surface area contributed by atoms with E-state index in [1.165, 1.54) is 19.2 Å². The smallest absolute Gasteiger partial charge is 0.337 e. The Morgan fingerprint density at radius 3 is 2.42 bits per heavy atom. The molecule has 1 heterocycles. The van der Waals surface area contributed by atoms with Gasteiger partial charge in [0, 0.05) is 16.1 Å². The molecular weight excluding hydrogens is 550 g/mol. The number of amides is 2. The number of rotatable bonds is 7. The van der Waals surface area contributed by atoms with Gasteiger partial charge in [0.25, 0.3) is 0 Å². The number of nitriles is 1. The third kappa shape index (κ3) is 5.95. The molecule has 0 aliphatic carbocycles. The van der Waals surface area contributed by atoms with Crippen LogP contribution in [0.2, 0.25) is 0 Å². The second kappa shape index (κ2) is 11.9. The predicted molar refractivity (Wildman–Crippen MR) is 137 cm³/mol. The number of carbonyl (C=O) groups excluding carboxylic acids is 4. The molecule has 0 unspecified atom stereocenters. The number of ether oxygens (including phenoxy) is 2. The van der Waals surface area contributed by atoms with Crippen LogP contribution in [0.25, 0.3) is 0 Å². The van der Waals surface area contributed by atoms with Crippen LogP contribution in [-0.2, 0) is 23.9 Å². The van der Waals surface area contributed by atoms with Gasteiger partial charge >= 0.3 is 11.9 Å².